The van der Waals surface area contributed by atoms with Gasteiger partial charge in [0.25, 0.3) is 0 Å². The van der Waals surface area contributed by atoms with Crippen LogP contribution in [0.15, 0.2) is 0 Å². The van der Waals surface area contributed by atoms with E-state index in [1.54, 1.807) is 0 Å². The van der Waals surface area contributed by atoms with Crippen molar-refractivity contribution in [3.8, 4) is 0 Å². The molecule has 0 aromatic rings. The fourth-order valence-electron chi connectivity index (χ4n) is 3.59. The molecule has 160 valence electrons. The number of carboxylic acids is 1. The summed E-state index contributed by atoms with van der Waals surface area (Å²) < 4.78 is 0. The molecule has 0 heterocycles. The van der Waals surface area contributed by atoms with Gasteiger partial charge in [0.1, 0.15) is 5.78 Å². The third-order valence-electron chi connectivity index (χ3n) is 5.41. The number of unbranched alkanes of at least 4 members (excludes halogenated alkanes) is 16. The van der Waals surface area contributed by atoms with Crippen LogP contribution in [0.25, 0.3) is 0 Å². The van der Waals surface area contributed by atoms with Crippen molar-refractivity contribution in [1.29, 1.82) is 0 Å². The van der Waals surface area contributed by atoms with Crippen LogP contribution in [-0.4, -0.2) is 16.9 Å². The summed E-state index contributed by atoms with van der Waals surface area (Å²) in [7, 11) is 0. The van der Waals surface area contributed by atoms with Crippen molar-refractivity contribution >= 4 is 11.8 Å². The number of Topliss-reactive ketones (excluding diaryl/α,β-unsaturated/α-hetero) is 1. The Morgan fingerprint density at radius 3 is 1.11 bits per heavy atom. The average molecular weight is 383 g/mol. The standard InChI is InChI=1S/C24H46O3/c1-2-3-4-5-6-7-8-9-10-11-14-17-20-23(25)21-18-15-12-13-16-19-22-24(26)27/h2-22H2,1H3,(H,26,27). The predicted octanol–water partition coefficient (Wildman–Crippen LogP) is 7.85. The normalized spacial score (nSPS) is 11.0. The molecule has 0 bridgehead atoms. The highest BCUT2D eigenvalue weighted by Crippen LogP contribution is 2.14. The van der Waals surface area contributed by atoms with E-state index < -0.39 is 5.97 Å². The molecule has 27 heavy (non-hydrogen) atoms. The molecular weight excluding hydrogens is 336 g/mol. The first-order valence-electron chi connectivity index (χ1n) is 11.9. The van der Waals surface area contributed by atoms with E-state index in [1.165, 1.54) is 70.6 Å². The fourth-order valence-corrected chi connectivity index (χ4v) is 3.59. The van der Waals surface area contributed by atoms with E-state index in [-0.39, 0.29) is 6.42 Å². The maximum atomic E-state index is 11.9. The highest BCUT2D eigenvalue weighted by Gasteiger charge is 2.02. The minimum atomic E-state index is -0.696. The summed E-state index contributed by atoms with van der Waals surface area (Å²) in [6.07, 6.45) is 24.0. The van der Waals surface area contributed by atoms with Gasteiger partial charge >= 0.3 is 5.97 Å². The van der Waals surface area contributed by atoms with Crippen molar-refractivity contribution in [3.05, 3.63) is 0 Å². The Balaban J connectivity index is 3.16. The van der Waals surface area contributed by atoms with Crippen molar-refractivity contribution in [2.45, 2.75) is 142 Å². The third-order valence-corrected chi connectivity index (χ3v) is 5.41. The summed E-state index contributed by atoms with van der Waals surface area (Å²) in [6.45, 7) is 2.27. The molecule has 3 heteroatoms. The topological polar surface area (TPSA) is 54.4 Å². The molecule has 0 aromatic carbocycles. The van der Waals surface area contributed by atoms with E-state index in [2.05, 4.69) is 6.92 Å². The molecule has 0 rings (SSSR count). The molecule has 3 nitrogen and oxygen atoms in total. The maximum Gasteiger partial charge on any atom is 0.303 e. The van der Waals surface area contributed by atoms with E-state index in [4.69, 9.17) is 5.11 Å². The molecule has 1 N–H and O–H groups in total. The Bertz CT molecular complexity index is 339. The van der Waals surface area contributed by atoms with Crippen LogP contribution in [0.4, 0.5) is 0 Å². The van der Waals surface area contributed by atoms with Crippen LogP contribution in [0, 0.1) is 0 Å². The van der Waals surface area contributed by atoms with E-state index >= 15 is 0 Å². The van der Waals surface area contributed by atoms with Crippen LogP contribution in [0.2, 0.25) is 0 Å². The summed E-state index contributed by atoms with van der Waals surface area (Å²) in [6, 6.07) is 0. The molecule has 0 aliphatic heterocycles. The molecule has 0 saturated heterocycles. The Morgan fingerprint density at radius 2 is 0.778 bits per heavy atom. The number of carbonyl (C=O) groups is 2. The van der Waals surface area contributed by atoms with Gasteiger partial charge in [0.05, 0.1) is 0 Å². The molecule has 0 aliphatic rings. The highest BCUT2D eigenvalue weighted by atomic mass is 16.4. The minimum Gasteiger partial charge on any atom is -0.481 e. The van der Waals surface area contributed by atoms with Crippen molar-refractivity contribution in [2.24, 2.45) is 0 Å². The zero-order valence-electron chi connectivity index (χ0n) is 18.1. The van der Waals surface area contributed by atoms with Gasteiger partial charge in [0.15, 0.2) is 0 Å². The number of hydrogen-bond acceptors (Lipinski definition) is 2. The lowest BCUT2D eigenvalue weighted by molar-refractivity contribution is -0.137. The average Bonchev–Trinajstić information content (AvgIpc) is 2.64. The molecule has 0 spiro atoms. The predicted molar refractivity (Wildman–Crippen MR) is 115 cm³/mol. The van der Waals surface area contributed by atoms with Gasteiger partial charge in [-0.2, -0.15) is 0 Å². The van der Waals surface area contributed by atoms with Crippen LogP contribution < -0.4 is 0 Å². The fraction of sp³-hybridized carbons (Fsp3) is 0.917. The summed E-state index contributed by atoms with van der Waals surface area (Å²) in [5, 5.41) is 8.56. The summed E-state index contributed by atoms with van der Waals surface area (Å²) in [5.74, 6) is -0.258. The van der Waals surface area contributed by atoms with Crippen molar-refractivity contribution in [1.82, 2.24) is 0 Å². The van der Waals surface area contributed by atoms with Crippen LogP contribution in [-0.2, 0) is 9.59 Å². The highest BCUT2D eigenvalue weighted by molar-refractivity contribution is 5.78. The molecule has 0 aromatic heterocycles. The van der Waals surface area contributed by atoms with Gasteiger partial charge in [-0.15, -0.1) is 0 Å². The molecule has 0 saturated carbocycles. The molecule has 0 amide bonds. The number of rotatable bonds is 22. The summed E-state index contributed by atoms with van der Waals surface area (Å²) >= 11 is 0. The van der Waals surface area contributed by atoms with Gasteiger partial charge < -0.3 is 5.11 Å². The number of carboxylic acid groups (broad SMARTS) is 1. The number of hydrogen-bond donors (Lipinski definition) is 1. The molecule has 0 aliphatic carbocycles. The van der Waals surface area contributed by atoms with Crippen molar-refractivity contribution < 1.29 is 14.7 Å². The second kappa shape index (κ2) is 21.4. The van der Waals surface area contributed by atoms with Crippen molar-refractivity contribution in [2.75, 3.05) is 0 Å². The largest absolute Gasteiger partial charge is 0.481 e. The summed E-state index contributed by atoms with van der Waals surface area (Å²) in [5.41, 5.74) is 0. The maximum absolute atomic E-state index is 11.9. The van der Waals surface area contributed by atoms with Gasteiger partial charge in [-0.05, 0) is 19.3 Å². The van der Waals surface area contributed by atoms with E-state index in [1.807, 2.05) is 0 Å². The minimum absolute atomic E-state index is 0.289. The molecule has 0 fully saturated rings. The quantitative estimate of drug-likeness (QED) is 0.194. The first-order chi connectivity index (χ1) is 13.2. The molecule has 0 atom stereocenters. The zero-order valence-corrected chi connectivity index (χ0v) is 18.1. The van der Waals surface area contributed by atoms with Crippen molar-refractivity contribution in [3.63, 3.8) is 0 Å². The number of ketones is 1. The Labute approximate surface area is 168 Å². The van der Waals surface area contributed by atoms with E-state index in [9.17, 15) is 9.59 Å². The van der Waals surface area contributed by atoms with Gasteiger partial charge in [-0.25, -0.2) is 0 Å². The van der Waals surface area contributed by atoms with E-state index in [0.29, 0.717) is 5.78 Å². The smallest absolute Gasteiger partial charge is 0.303 e. The van der Waals surface area contributed by atoms with Crippen LogP contribution >= 0.6 is 0 Å². The number of carbonyl (C=O) groups excluding carboxylic acids is 1. The van der Waals surface area contributed by atoms with Crippen LogP contribution in [0.3, 0.4) is 0 Å². The lowest BCUT2D eigenvalue weighted by Crippen LogP contribution is -1.97. The van der Waals surface area contributed by atoms with E-state index in [0.717, 1.165) is 57.8 Å². The van der Waals surface area contributed by atoms with Gasteiger partial charge in [-0.1, -0.05) is 103 Å². The Hall–Kier alpha value is -0.860. The van der Waals surface area contributed by atoms with Gasteiger partial charge in [0, 0.05) is 19.3 Å². The SMILES string of the molecule is CCCCCCCCCCCCCCC(=O)CCCCCCCCC(=O)O. The zero-order chi connectivity index (χ0) is 20.0. The Morgan fingerprint density at radius 1 is 0.481 bits per heavy atom. The first kappa shape index (κ1) is 26.1. The first-order valence-corrected chi connectivity index (χ1v) is 11.9. The monoisotopic (exact) mass is 382 g/mol. The molecule has 0 radical (unpaired) electrons. The van der Waals surface area contributed by atoms with Gasteiger partial charge in [-0.3, -0.25) is 9.59 Å². The lowest BCUT2D eigenvalue weighted by Gasteiger charge is -2.04. The second-order valence-electron chi connectivity index (χ2n) is 8.19. The summed E-state index contributed by atoms with van der Waals surface area (Å²) in [4.78, 5) is 22.3. The molecular formula is C24H46O3. The number of aliphatic carboxylic acids is 1. The third kappa shape index (κ3) is 23.1. The molecule has 0 unspecified atom stereocenters. The Kier molecular flexibility index (Phi) is 20.8. The van der Waals surface area contributed by atoms with Crippen LogP contribution in [0.1, 0.15) is 142 Å². The lowest BCUT2D eigenvalue weighted by atomic mass is 10.0. The van der Waals surface area contributed by atoms with Crippen LogP contribution in [0.5, 0.6) is 0 Å². The van der Waals surface area contributed by atoms with Gasteiger partial charge in [0.2, 0.25) is 0 Å². The second-order valence-corrected chi connectivity index (χ2v) is 8.19.